The van der Waals surface area contributed by atoms with Crippen LogP contribution in [0.5, 0.6) is 0 Å². The summed E-state index contributed by atoms with van der Waals surface area (Å²) in [5, 5.41) is 0. The minimum Gasteiger partial charge on any atom is -0.331 e. The largest absolute Gasteiger partial charge is 0.331 e. The third kappa shape index (κ3) is 4.60. The molecule has 0 bridgehead atoms. The van der Waals surface area contributed by atoms with Crippen molar-refractivity contribution in [3.05, 3.63) is 59.6 Å². The van der Waals surface area contributed by atoms with E-state index in [9.17, 15) is 13.6 Å². The molecule has 1 aliphatic carbocycles. The summed E-state index contributed by atoms with van der Waals surface area (Å²) in [7, 11) is 0. The highest BCUT2D eigenvalue weighted by Crippen LogP contribution is 2.33. The van der Waals surface area contributed by atoms with Gasteiger partial charge >= 0.3 is 0 Å². The summed E-state index contributed by atoms with van der Waals surface area (Å²) in [4.78, 5) is 24.2. The normalized spacial score (nSPS) is 14.6. The quantitative estimate of drug-likeness (QED) is 0.500. The van der Waals surface area contributed by atoms with E-state index in [2.05, 4.69) is 23.4 Å². The van der Waals surface area contributed by atoms with Crippen LogP contribution in [0.2, 0.25) is 0 Å². The van der Waals surface area contributed by atoms with Crippen LogP contribution >= 0.6 is 0 Å². The molecule has 0 aliphatic heterocycles. The van der Waals surface area contributed by atoms with Crippen LogP contribution in [0.3, 0.4) is 0 Å². The number of carbonyl (C=O) groups excluding carboxylic acids is 1. The Bertz CT molecular complexity index is 1070. The maximum absolute atomic E-state index is 14.4. The summed E-state index contributed by atoms with van der Waals surface area (Å²) in [5.41, 5.74) is 1.51. The van der Waals surface area contributed by atoms with Gasteiger partial charge in [0.05, 0.1) is 12.1 Å². The molecule has 0 spiro atoms. The van der Waals surface area contributed by atoms with E-state index in [4.69, 9.17) is 4.98 Å². The number of fused-ring (bicyclic) bond motifs is 1. The smallest absolute Gasteiger partial charge is 0.257 e. The molecular formula is C24H28F2N4O. The average molecular weight is 427 g/mol. The van der Waals surface area contributed by atoms with Gasteiger partial charge in [-0.2, -0.15) is 0 Å². The Morgan fingerprint density at radius 3 is 2.71 bits per heavy atom. The van der Waals surface area contributed by atoms with Gasteiger partial charge in [-0.1, -0.05) is 26.7 Å². The fourth-order valence-corrected chi connectivity index (χ4v) is 4.30. The summed E-state index contributed by atoms with van der Waals surface area (Å²) in [6.07, 6.45) is 6.97. The van der Waals surface area contributed by atoms with Gasteiger partial charge in [0.2, 0.25) is 0 Å². The second-order valence-corrected chi connectivity index (χ2v) is 8.72. The molecule has 1 amide bonds. The number of amides is 1. The van der Waals surface area contributed by atoms with E-state index in [-0.39, 0.29) is 12.1 Å². The van der Waals surface area contributed by atoms with E-state index in [1.165, 1.54) is 6.07 Å². The van der Waals surface area contributed by atoms with Crippen molar-refractivity contribution in [2.75, 3.05) is 6.54 Å². The van der Waals surface area contributed by atoms with Crippen LogP contribution in [0.4, 0.5) is 8.78 Å². The zero-order valence-electron chi connectivity index (χ0n) is 18.0. The van der Waals surface area contributed by atoms with Gasteiger partial charge in [-0.25, -0.2) is 18.7 Å². The van der Waals surface area contributed by atoms with Crippen molar-refractivity contribution in [3.8, 4) is 0 Å². The molecule has 0 atom stereocenters. The van der Waals surface area contributed by atoms with Gasteiger partial charge in [0.1, 0.15) is 23.0 Å². The van der Waals surface area contributed by atoms with Crippen molar-refractivity contribution in [3.63, 3.8) is 0 Å². The summed E-state index contributed by atoms with van der Waals surface area (Å²) >= 11 is 0. The lowest BCUT2D eigenvalue weighted by molar-refractivity contribution is 0.0723. The molecule has 0 saturated heterocycles. The number of pyridine rings is 1. The fraction of sp³-hybridized carbons (Fsp3) is 0.458. The number of aromatic nitrogens is 3. The van der Waals surface area contributed by atoms with Crippen molar-refractivity contribution >= 4 is 17.1 Å². The van der Waals surface area contributed by atoms with E-state index in [1.54, 1.807) is 11.1 Å². The number of hydrogen-bond acceptors (Lipinski definition) is 3. The second-order valence-electron chi connectivity index (χ2n) is 8.72. The van der Waals surface area contributed by atoms with E-state index >= 15 is 0 Å². The summed E-state index contributed by atoms with van der Waals surface area (Å²) in [6.45, 7) is 4.89. The molecule has 4 rings (SSSR count). The Kier molecular flexibility index (Phi) is 6.30. The van der Waals surface area contributed by atoms with Gasteiger partial charge in [0.15, 0.2) is 5.65 Å². The number of hydrogen-bond donors (Lipinski definition) is 0. The van der Waals surface area contributed by atoms with Crippen molar-refractivity contribution in [1.82, 2.24) is 19.4 Å². The van der Waals surface area contributed by atoms with E-state index < -0.39 is 17.5 Å². The number of carbonyl (C=O) groups is 1. The first-order valence-corrected chi connectivity index (χ1v) is 11.0. The molecule has 5 nitrogen and oxygen atoms in total. The van der Waals surface area contributed by atoms with Gasteiger partial charge in [-0.15, -0.1) is 0 Å². The number of rotatable bonds is 7. The van der Waals surface area contributed by atoms with Crippen LogP contribution in [0, 0.1) is 17.6 Å². The molecule has 1 fully saturated rings. The van der Waals surface area contributed by atoms with Crippen LogP contribution in [0.15, 0.2) is 36.5 Å². The van der Waals surface area contributed by atoms with E-state index in [0.717, 1.165) is 61.2 Å². The molecule has 2 heterocycles. The minimum atomic E-state index is -0.842. The van der Waals surface area contributed by atoms with Crippen molar-refractivity contribution in [2.24, 2.45) is 5.92 Å². The zero-order valence-corrected chi connectivity index (χ0v) is 18.0. The Morgan fingerprint density at radius 2 is 2.00 bits per heavy atom. The predicted octanol–water partition coefficient (Wildman–Crippen LogP) is 5.51. The topological polar surface area (TPSA) is 51.0 Å². The van der Waals surface area contributed by atoms with Gasteiger partial charge < -0.3 is 9.47 Å². The molecule has 2 aromatic heterocycles. The SMILES string of the molecule is CC(C)CCN(Cc1nc2cccnc2n1C1CCCC1)C(=O)c1ccc(F)cc1F. The Morgan fingerprint density at radius 1 is 1.23 bits per heavy atom. The number of benzene rings is 1. The van der Waals surface area contributed by atoms with Crippen LogP contribution in [0.25, 0.3) is 11.2 Å². The van der Waals surface area contributed by atoms with E-state index in [1.807, 2.05) is 12.1 Å². The summed E-state index contributed by atoms with van der Waals surface area (Å²) in [5.74, 6) is -0.845. The molecule has 164 valence electrons. The van der Waals surface area contributed by atoms with Crippen molar-refractivity contribution in [1.29, 1.82) is 0 Å². The third-order valence-corrected chi connectivity index (χ3v) is 5.97. The number of imidazole rings is 1. The molecule has 3 aromatic rings. The second kappa shape index (κ2) is 9.12. The Hall–Kier alpha value is -2.83. The van der Waals surface area contributed by atoms with Crippen molar-refractivity contribution in [2.45, 2.75) is 58.5 Å². The number of nitrogens with zero attached hydrogens (tertiary/aromatic N) is 4. The Labute approximate surface area is 181 Å². The van der Waals surface area contributed by atoms with Crippen LogP contribution in [0.1, 0.15) is 68.2 Å². The zero-order chi connectivity index (χ0) is 22.0. The van der Waals surface area contributed by atoms with Crippen LogP contribution in [-0.4, -0.2) is 31.9 Å². The summed E-state index contributed by atoms with van der Waals surface area (Å²) in [6, 6.07) is 7.18. The van der Waals surface area contributed by atoms with Gasteiger partial charge in [0, 0.05) is 24.8 Å². The Balaban J connectivity index is 1.70. The minimum absolute atomic E-state index is 0.119. The van der Waals surface area contributed by atoms with Crippen molar-refractivity contribution < 1.29 is 13.6 Å². The molecule has 0 N–H and O–H groups in total. The lowest BCUT2D eigenvalue weighted by Gasteiger charge is -2.25. The third-order valence-electron chi connectivity index (χ3n) is 5.97. The molecular weight excluding hydrogens is 398 g/mol. The first-order chi connectivity index (χ1) is 14.9. The maximum atomic E-state index is 14.4. The van der Waals surface area contributed by atoms with Gasteiger partial charge in [-0.05, 0) is 49.4 Å². The van der Waals surface area contributed by atoms with Gasteiger partial charge in [0.25, 0.3) is 5.91 Å². The molecule has 0 radical (unpaired) electrons. The highest BCUT2D eigenvalue weighted by atomic mass is 19.1. The van der Waals surface area contributed by atoms with E-state index in [0.29, 0.717) is 18.5 Å². The number of halogens is 2. The average Bonchev–Trinajstić information content (AvgIpc) is 3.37. The maximum Gasteiger partial charge on any atom is 0.257 e. The molecule has 1 aromatic carbocycles. The molecule has 0 unspecified atom stereocenters. The lowest BCUT2D eigenvalue weighted by atomic mass is 10.1. The van der Waals surface area contributed by atoms with Crippen LogP contribution in [-0.2, 0) is 6.54 Å². The highest BCUT2D eigenvalue weighted by Gasteiger charge is 2.27. The van der Waals surface area contributed by atoms with Crippen LogP contribution < -0.4 is 0 Å². The van der Waals surface area contributed by atoms with Gasteiger partial charge in [-0.3, -0.25) is 4.79 Å². The lowest BCUT2D eigenvalue weighted by Crippen LogP contribution is -2.34. The molecule has 1 saturated carbocycles. The summed E-state index contributed by atoms with van der Waals surface area (Å²) < 4.78 is 29.9. The molecule has 1 aliphatic rings. The fourth-order valence-electron chi connectivity index (χ4n) is 4.30. The predicted molar refractivity (Wildman–Crippen MR) is 116 cm³/mol. The first-order valence-electron chi connectivity index (χ1n) is 11.0. The monoisotopic (exact) mass is 426 g/mol. The first kappa shape index (κ1) is 21.4. The molecule has 7 heteroatoms. The standard InChI is InChI=1S/C24H28F2N4O/c1-16(2)11-13-29(24(31)19-10-9-17(25)14-20(19)26)15-22-28-21-8-5-12-27-23(21)30(22)18-6-3-4-7-18/h5,8-10,12,14,16,18H,3-4,6-7,11,13,15H2,1-2H3. The molecule has 31 heavy (non-hydrogen) atoms. The highest BCUT2D eigenvalue weighted by molar-refractivity contribution is 5.94.